The largest absolute Gasteiger partial charge is 0.497 e. The van der Waals surface area contributed by atoms with Gasteiger partial charge in [-0.25, -0.2) is 25.8 Å². The van der Waals surface area contributed by atoms with Gasteiger partial charge in [-0.05, 0) is 66.7 Å². The minimum absolute atomic E-state index is 0.0407. The predicted molar refractivity (Wildman–Crippen MR) is 196 cm³/mol. The Kier molecular flexibility index (Phi) is 8.68. The molecule has 0 aliphatic rings. The lowest BCUT2D eigenvalue weighted by Crippen LogP contribution is -2.25. The van der Waals surface area contributed by atoms with Crippen molar-refractivity contribution in [1.82, 2.24) is 17.9 Å². The van der Waals surface area contributed by atoms with Gasteiger partial charge in [-0.2, -0.15) is 0 Å². The van der Waals surface area contributed by atoms with Gasteiger partial charge >= 0.3 is 0 Å². The number of methoxy groups -OCH3 is 2. The van der Waals surface area contributed by atoms with E-state index < -0.39 is 31.4 Å². The highest BCUT2D eigenvalue weighted by Gasteiger charge is 2.25. The highest BCUT2D eigenvalue weighted by Crippen LogP contribution is 2.34. The second-order valence-electron chi connectivity index (χ2n) is 11.9. The van der Waals surface area contributed by atoms with Crippen molar-refractivity contribution in [3.8, 4) is 22.6 Å². The summed E-state index contributed by atoms with van der Waals surface area (Å²) in [6.45, 7) is 0.0407. The lowest BCUT2D eigenvalue weighted by molar-refractivity contribution is 0.103. The lowest BCUT2D eigenvalue weighted by atomic mass is 10.1. The first-order valence-electron chi connectivity index (χ1n) is 15.7. The zero-order valence-electron chi connectivity index (χ0n) is 28.0. The van der Waals surface area contributed by atoms with Crippen molar-refractivity contribution in [3.05, 3.63) is 143 Å². The Morgan fingerprint density at radius 1 is 0.846 bits per heavy atom. The van der Waals surface area contributed by atoms with E-state index in [2.05, 4.69) is 9.71 Å². The first-order valence-corrected chi connectivity index (χ1v) is 19.1. The average Bonchev–Trinajstić information content (AvgIpc) is 3.76. The Balaban J connectivity index is 1.42. The highest BCUT2D eigenvalue weighted by atomic mass is 32.2. The molecule has 0 spiro atoms. The number of pyridine rings is 1. The molecule has 0 saturated heterocycles. The van der Waals surface area contributed by atoms with Crippen LogP contribution in [0.5, 0.6) is 11.5 Å². The molecule has 264 valence electrons. The molecule has 7 rings (SSSR count). The van der Waals surface area contributed by atoms with Crippen LogP contribution in [0.4, 0.5) is 5.69 Å². The number of nitrogens with one attached hydrogen (secondary N) is 1. The molecule has 13 nitrogen and oxygen atoms in total. The quantitative estimate of drug-likeness (QED) is 0.180. The number of benzene rings is 3. The van der Waals surface area contributed by atoms with Crippen LogP contribution in [0.2, 0.25) is 0 Å². The van der Waals surface area contributed by atoms with Crippen molar-refractivity contribution in [2.75, 3.05) is 25.2 Å². The molecule has 4 heterocycles. The number of rotatable bonds is 11. The fraction of sp³-hybridized carbons (Fsp3) is 0.108. The molecule has 3 aromatic carbocycles. The second-order valence-corrected chi connectivity index (χ2v) is 15.5. The monoisotopic (exact) mass is 737 g/mol. The maximum Gasteiger partial charge on any atom is 0.275 e. The first kappa shape index (κ1) is 34.3. The van der Waals surface area contributed by atoms with Gasteiger partial charge in [0.05, 0.1) is 31.9 Å². The van der Waals surface area contributed by atoms with Crippen molar-refractivity contribution in [2.45, 2.75) is 11.4 Å². The number of fused-ring (bicyclic) bond motifs is 2. The Morgan fingerprint density at radius 3 is 2.29 bits per heavy atom. The molecule has 4 aromatic heterocycles. The van der Waals surface area contributed by atoms with Crippen LogP contribution in [0.15, 0.2) is 125 Å². The Morgan fingerprint density at radius 2 is 1.60 bits per heavy atom. The molecule has 0 amide bonds. The number of hydrogen-bond acceptors (Lipinski definition) is 9. The fourth-order valence-electron chi connectivity index (χ4n) is 6.04. The number of carbonyl (C=O) groups excluding carboxylic acids is 1. The molecule has 0 saturated carbocycles. The SMILES string of the molecule is COc1ccc(Cn2cc(C(=O)c3ccc(NS(C)(=O)=O)cc3)n3cc(-c4cn(S(=O)(=O)c5ccccc5)c5ncccc45)cc3c2=O)c(OC)c1. The maximum atomic E-state index is 14.2. The van der Waals surface area contributed by atoms with Crippen molar-refractivity contribution < 1.29 is 31.1 Å². The van der Waals surface area contributed by atoms with Crippen LogP contribution >= 0.6 is 0 Å². The Hall–Kier alpha value is -6.19. The summed E-state index contributed by atoms with van der Waals surface area (Å²) in [7, 11) is -4.56. The highest BCUT2D eigenvalue weighted by molar-refractivity contribution is 7.92. The molecular weight excluding hydrogens is 707 g/mol. The van der Waals surface area contributed by atoms with Crippen LogP contribution in [-0.2, 0) is 26.6 Å². The molecular formula is C37H31N5O8S2. The van der Waals surface area contributed by atoms with Gasteiger partial charge in [0.25, 0.3) is 15.6 Å². The summed E-state index contributed by atoms with van der Waals surface area (Å²) in [5, 5.41) is 0.517. The normalized spacial score (nSPS) is 11.9. The van der Waals surface area contributed by atoms with Gasteiger partial charge in [0.1, 0.15) is 22.7 Å². The van der Waals surface area contributed by atoms with Crippen LogP contribution in [-0.4, -0.2) is 61.0 Å². The van der Waals surface area contributed by atoms with E-state index >= 15 is 0 Å². The molecule has 1 N–H and O–H groups in total. The number of hydrogen-bond donors (Lipinski definition) is 1. The van der Waals surface area contributed by atoms with Crippen LogP contribution in [0, 0.1) is 0 Å². The number of sulfonamides is 1. The van der Waals surface area contributed by atoms with Gasteiger partial charge in [0, 0.05) is 64.2 Å². The molecule has 15 heteroatoms. The van der Waals surface area contributed by atoms with Gasteiger partial charge in [-0.1, -0.05) is 18.2 Å². The van der Waals surface area contributed by atoms with E-state index in [0.717, 1.165) is 10.2 Å². The molecule has 0 aliphatic carbocycles. The number of aromatic nitrogens is 4. The van der Waals surface area contributed by atoms with Crippen molar-refractivity contribution in [3.63, 3.8) is 0 Å². The van der Waals surface area contributed by atoms with Crippen molar-refractivity contribution >= 4 is 48.1 Å². The van der Waals surface area contributed by atoms with E-state index in [1.54, 1.807) is 60.8 Å². The summed E-state index contributed by atoms with van der Waals surface area (Å²) in [4.78, 5) is 32.9. The minimum Gasteiger partial charge on any atom is -0.497 e. The molecule has 0 bridgehead atoms. The van der Waals surface area contributed by atoms with E-state index in [1.807, 2.05) is 0 Å². The zero-order chi connectivity index (χ0) is 36.8. The molecule has 0 unspecified atom stereocenters. The third-order valence-corrected chi connectivity index (χ3v) is 10.8. The van der Waals surface area contributed by atoms with Crippen LogP contribution in [0.3, 0.4) is 0 Å². The third kappa shape index (κ3) is 6.31. The summed E-state index contributed by atoms with van der Waals surface area (Å²) in [5.74, 6) is 0.584. The van der Waals surface area contributed by atoms with Crippen molar-refractivity contribution in [1.29, 1.82) is 0 Å². The fourth-order valence-corrected chi connectivity index (χ4v) is 7.95. The summed E-state index contributed by atoms with van der Waals surface area (Å²) < 4.78 is 68.4. The minimum atomic E-state index is -4.05. The summed E-state index contributed by atoms with van der Waals surface area (Å²) in [6, 6.07) is 24.1. The number of carbonyl (C=O) groups is 1. The van der Waals surface area contributed by atoms with E-state index in [4.69, 9.17) is 9.47 Å². The van der Waals surface area contributed by atoms with Crippen LogP contribution < -0.4 is 19.8 Å². The van der Waals surface area contributed by atoms with E-state index in [-0.39, 0.29) is 39.5 Å². The van der Waals surface area contributed by atoms with E-state index in [9.17, 15) is 26.4 Å². The molecule has 7 aromatic rings. The van der Waals surface area contributed by atoms with E-state index in [0.29, 0.717) is 33.6 Å². The van der Waals surface area contributed by atoms with Crippen molar-refractivity contribution in [2.24, 2.45) is 0 Å². The molecule has 0 radical (unpaired) electrons. The van der Waals surface area contributed by atoms with Gasteiger partial charge in [-0.15, -0.1) is 0 Å². The molecule has 0 fully saturated rings. The summed E-state index contributed by atoms with van der Waals surface area (Å²) in [5.41, 5.74) is 2.15. The molecule has 0 atom stereocenters. The topological polar surface area (TPSA) is 160 Å². The van der Waals surface area contributed by atoms with E-state index in [1.165, 1.54) is 78.2 Å². The number of anilines is 1. The van der Waals surface area contributed by atoms with Gasteiger partial charge in [-0.3, -0.25) is 14.3 Å². The standard InChI is InChI=1S/C37H31N5O8S2/c1-49-28-16-13-25(34(19-28)50-2)20-40-23-33(35(43)24-11-14-27(15-12-24)39-51(3,45)46)41-21-26(18-32(41)37(40)44)31-22-42(36-30(31)10-7-17-38-36)52(47,48)29-8-5-4-6-9-29/h4-19,21-23,39H,20H2,1-3H3. The summed E-state index contributed by atoms with van der Waals surface area (Å²) in [6.07, 6.45) is 7.06. The average molecular weight is 738 g/mol. The summed E-state index contributed by atoms with van der Waals surface area (Å²) >= 11 is 0. The Bertz CT molecular complexity index is 2790. The number of ketones is 1. The van der Waals surface area contributed by atoms with Gasteiger partial charge in [0.2, 0.25) is 15.8 Å². The molecule has 52 heavy (non-hydrogen) atoms. The van der Waals surface area contributed by atoms with Gasteiger partial charge in [0.15, 0.2) is 5.65 Å². The predicted octanol–water partition coefficient (Wildman–Crippen LogP) is 5.02. The zero-order valence-corrected chi connectivity index (χ0v) is 29.7. The number of nitrogens with zero attached hydrogens (tertiary/aromatic N) is 4. The smallest absolute Gasteiger partial charge is 0.275 e. The van der Waals surface area contributed by atoms with Gasteiger partial charge < -0.3 is 18.4 Å². The molecule has 0 aliphatic heterocycles. The first-order chi connectivity index (χ1) is 24.9. The Labute approximate surface area is 298 Å². The number of ether oxygens (including phenoxy) is 2. The van der Waals surface area contributed by atoms with Crippen LogP contribution in [0.1, 0.15) is 21.6 Å². The second kappa shape index (κ2) is 13.2. The third-order valence-electron chi connectivity index (χ3n) is 8.50. The van der Waals surface area contributed by atoms with Crippen LogP contribution in [0.25, 0.3) is 27.7 Å². The maximum absolute atomic E-state index is 14.2. The lowest BCUT2D eigenvalue weighted by Gasteiger charge is -2.14.